The molecule has 2 aliphatic rings. The average Bonchev–Trinajstić information content (AvgIpc) is 2.84. The number of benzene rings is 1. The van der Waals surface area contributed by atoms with E-state index in [0.29, 0.717) is 6.04 Å². The van der Waals surface area contributed by atoms with Gasteiger partial charge < -0.3 is 5.32 Å². The van der Waals surface area contributed by atoms with Crippen molar-refractivity contribution in [2.75, 3.05) is 6.54 Å². The molecule has 98 valence electrons. The second-order valence-electron chi connectivity index (χ2n) is 6.13. The molecule has 2 fully saturated rings. The van der Waals surface area contributed by atoms with Gasteiger partial charge in [0.15, 0.2) is 0 Å². The molecule has 0 radical (unpaired) electrons. The maximum atomic E-state index is 3.75. The van der Waals surface area contributed by atoms with Gasteiger partial charge in [0.1, 0.15) is 0 Å². The summed E-state index contributed by atoms with van der Waals surface area (Å²) in [6.45, 7) is 5.58. The fourth-order valence-electron chi connectivity index (χ4n) is 4.16. The summed E-state index contributed by atoms with van der Waals surface area (Å²) in [7, 11) is 0. The lowest BCUT2D eigenvalue weighted by Crippen LogP contribution is -2.34. The summed E-state index contributed by atoms with van der Waals surface area (Å²) in [5.74, 6) is 3.08. The molecular weight excluding hydrogens is 218 g/mol. The van der Waals surface area contributed by atoms with Crippen molar-refractivity contribution in [3.8, 4) is 0 Å². The summed E-state index contributed by atoms with van der Waals surface area (Å²) >= 11 is 0. The van der Waals surface area contributed by atoms with Gasteiger partial charge in [0.25, 0.3) is 0 Å². The Bertz CT molecular complexity index is 402. The second-order valence-corrected chi connectivity index (χ2v) is 6.13. The number of fused-ring (bicyclic) bond motifs is 1. The van der Waals surface area contributed by atoms with Crippen LogP contribution in [-0.2, 0) is 6.42 Å². The van der Waals surface area contributed by atoms with Crippen LogP contribution in [0.15, 0.2) is 24.3 Å². The van der Waals surface area contributed by atoms with Crippen molar-refractivity contribution in [3.63, 3.8) is 0 Å². The van der Waals surface area contributed by atoms with Crippen LogP contribution in [0.4, 0.5) is 0 Å². The van der Waals surface area contributed by atoms with E-state index in [1.807, 2.05) is 0 Å². The molecule has 0 amide bonds. The average molecular weight is 243 g/mol. The van der Waals surface area contributed by atoms with Gasteiger partial charge in [0, 0.05) is 6.04 Å². The summed E-state index contributed by atoms with van der Waals surface area (Å²) in [5, 5.41) is 3.75. The largest absolute Gasteiger partial charge is 0.314 e. The number of nitrogens with one attached hydrogen (secondary N) is 1. The van der Waals surface area contributed by atoms with Crippen molar-refractivity contribution in [2.45, 2.75) is 45.6 Å². The molecule has 0 heterocycles. The zero-order valence-corrected chi connectivity index (χ0v) is 11.7. The molecule has 0 spiro atoms. The fraction of sp³-hybridized carbons (Fsp3) is 0.647. The first-order chi connectivity index (χ1) is 8.81. The Morgan fingerprint density at radius 3 is 2.61 bits per heavy atom. The van der Waals surface area contributed by atoms with Gasteiger partial charge in [-0.2, -0.15) is 0 Å². The van der Waals surface area contributed by atoms with Crippen molar-refractivity contribution >= 4 is 0 Å². The lowest BCUT2D eigenvalue weighted by molar-refractivity contribution is 0.410. The van der Waals surface area contributed by atoms with E-state index in [0.717, 1.165) is 24.3 Å². The Morgan fingerprint density at radius 2 is 1.94 bits per heavy atom. The first kappa shape index (κ1) is 12.2. The molecule has 3 atom stereocenters. The van der Waals surface area contributed by atoms with Gasteiger partial charge in [-0.05, 0) is 61.6 Å². The highest BCUT2D eigenvalue weighted by molar-refractivity contribution is 5.27. The molecular formula is C17H25N. The van der Waals surface area contributed by atoms with Crippen molar-refractivity contribution in [2.24, 2.45) is 17.8 Å². The molecule has 1 aromatic rings. The molecule has 1 aromatic carbocycles. The first-order valence-electron chi connectivity index (χ1n) is 7.59. The van der Waals surface area contributed by atoms with Gasteiger partial charge in [0.2, 0.25) is 0 Å². The lowest BCUT2D eigenvalue weighted by Gasteiger charge is -2.21. The predicted octanol–water partition coefficient (Wildman–Crippen LogP) is 3.56. The highest BCUT2D eigenvalue weighted by Gasteiger charge is 2.55. The standard InChI is InChI=1S/C17H25N/c1-3-18-16(17-14-9-6-10-15(14)17)11-13-8-5-4-7-12(13)2/h4-5,7-8,14-18H,3,6,9-11H2,1-2H3. The minimum Gasteiger partial charge on any atom is -0.314 e. The highest BCUT2D eigenvalue weighted by atomic mass is 14.9. The van der Waals surface area contributed by atoms with Crippen LogP contribution in [0.2, 0.25) is 0 Å². The van der Waals surface area contributed by atoms with Gasteiger partial charge in [0.05, 0.1) is 0 Å². The van der Waals surface area contributed by atoms with Crippen LogP contribution in [0.1, 0.15) is 37.3 Å². The van der Waals surface area contributed by atoms with Crippen LogP contribution in [0, 0.1) is 24.7 Å². The molecule has 1 N–H and O–H groups in total. The second kappa shape index (κ2) is 5.05. The van der Waals surface area contributed by atoms with E-state index < -0.39 is 0 Å². The molecule has 2 aliphatic carbocycles. The zero-order chi connectivity index (χ0) is 12.5. The van der Waals surface area contributed by atoms with Crippen molar-refractivity contribution in [3.05, 3.63) is 35.4 Å². The maximum Gasteiger partial charge on any atom is 0.0141 e. The third-order valence-corrected chi connectivity index (χ3v) is 5.10. The van der Waals surface area contributed by atoms with E-state index in [-0.39, 0.29) is 0 Å². The van der Waals surface area contributed by atoms with Crippen molar-refractivity contribution < 1.29 is 0 Å². The molecule has 2 saturated carbocycles. The van der Waals surface area contributed by atoms with Crippen LogP contribution in [-0.4, -0.2) is 12.6 Å². The number of likely N-dealkylation sites (N-methyl/N-ethyl adjacent to an activating group) is 1. The summed E-state index contributed by atoms with van der Waals surface area (Å²) in [6, 6.07) is 9.59. The molecule has 0 bridgehead atoms. The summed E-state index contributed by atoms with van der Waals surface area (Å²) in [4.78, 5) is 0. The molecule has 3 rings (SSSR count). The van der Waals surface area contributed by atoms with E-state index in [9.17, 15) is 0 Å². The van der Waals surface area contributed by atoms with Gasteiger partial charge in [-0.25, -0.2) is 0 Å². The minimum absolute atomic E-state index is 0.714. The minimum atomic E-state index is 0.714. The van der Waals surface area contributed by atoms with E-state index in [2.05, 4.69) is 43.4 Å². The van der Waals surface area contributed by atoms with Gasteiger partial charge in [-0.3, -0.25) is 0 Å². The van der Waals surface area contributed by atoms with Crippen molar-refractivity contribution in [1.82, 2.24) is 5.32 Å². The summed E-state index contributed by atoms with van der Waals surface area (Å²) < 4.78 is 0. The Morgan fingerprint density at radius 1 is 1.22 bits per heavy atom. The molecule has 18 heavy (non-hydrogen) atoms. The lowest BCUT2D eigenvalue weighted by atomic mass is 9.95. The molecule has 0 saturated heterocycles. The topological polar surface area (TPSA) is 12.0 Å². The van der Waals surface area contributed by atoms with Crippen LogP contribution in [0.3, 0.4) is 0 Å². The molecule has 1 nitrogen and oxygen atoms in total. The Balaban J connectivity index is 1.69. The van der Waals surface area contributed by atoms with Gasteiger partial charge in [-0.1, -0.05) is 37.6 Å². The third kappa shape index (κ3) is 2.21. The Labute approximate surface area is 111 Å². The molecule has 0 aromatic heterocycles. The monoisotopic (exact) mass is 243 g/mol. The van der Waals surface area contributed by atoms with Crippen LogP contribution in [0.5, 0.6) is 0 Å². The maximum absolute atomic E-state index is 3.75. The zero-order valence-electron chi connectivity index (χ0n) is 11.7. The number of aryl methyl sites for hydroxylation is 1. The molecule has 3 unspecified atom stereocenters. The third-order valence-electron chi connectivity index (χ3n) is 5.10. The van der Waals surface area contributed by atoms with Crippen molar-refractivity contribution in [1.29, 1.82) is 0 Å². The van der Waals surface area contributed by atoms with Gasteiger partial charge in [-0.15, -0.1) is 0 Å². The number of rotatable bonds is 5. The van der Waals surface area contributed by atoms with Crippen LogP contribution < -0.4 is 5.32 Å². The fourth-order valence-corrected chi connectivity index (χ4v) is 4.16. The molecule has 1 heteroatoms. The quantitative estimate of drug-likeness (QED) is 0.834. The normalized spacial score (nSPS) is 31.1. The van der Waals surface area contributed by atoms with E-state index in [1.165, 1.54) is 36.8 Å². The first-order valence-corrected chi connectivity index (χ1v) is 7.59. The predicted molar refractivity (Wildman–Crippen MR) is 76.7 cm³/mol. The van der Waals surface area contributed by atoms with E-state index in [1.54, 1.807) is 0 Å². The van der Waals surface area contributed by atoms with Crippen LogP contribution in [0.25, 0.3) is 0 Å². The number of hydrogen-bond acceptors (Lipinski definition) is 1. The molecule has 0 aliphatic heterocycles. The Kier molecular flexibility index (Phi) is 3.43. The highest BCUT2D eigenvalue weighted by Crippen LogP contribution is 2.59. The summed E-state index contributed by atoms with van der Waals surface area (Å²) in [6.07, 6.45) is 5.68. The summed E-state index contributed by atoms with van der Waals surface area (Å²) in [5.41, 5.74) is 2.99. The van der Waals surface area contributed by atoms with E-state index >= 15 is 0 Å². The number of hydrogen-bond donors (Lipinski definition) is 1. The van der Waals surface area contributed by atoms with Crippen LogP contribution >= 0.6 is 0 Å². The van der Waals surface area contributed by atoms with E-state index in [4.69, 9.17) is 0 Å². The smallest absolute Gasteiger partial charge is 0.0141 e. The van der Waals surface area contributed by atoms with Gasteiger partial charge >= 0.3 is 0 Å². The Hall–Kier alpha value is -0.820. The SMILES string of the molecule is CCNC(Cc1ccccc1C)C1C2CCCC21.